The Labute approximate surface area is 100 Å². The van der Waals surface area contributed by atoms with Gasteiger partial charge in [0.25, 0.3) is 0 Å². The van der Waals surface area contributed by atoms with E-state index in [0.717, 1.165) is 12.5 Å². The van der Waals surface area contributed by atoms with E-state index < -0.39 is 0 Å². The Hall–Kier alpha value is -0.820. The van der Waals surface area contributed by atoms with Crippen molar-refractivity contribution in [3.05, 3.63) is 35.9 Å². The van der Waals surface area contributed by atoms with Crippen LogP contribution in [-0.4, -0.2) is 6.54 Å². The summed E-state index contributed by atoms with van der Waals surface area (Å²) >= 11 is 0. The summed E-state index contributed by atoms with van der Waals surface area (Å²) in [6, 6.07) is 10.7. The topological polar surface area (TPSA) is 26.0 Å². The Morgan fingerprint density at radius 1 is 1.00 bits per heavy atom. The van der Waals surface area contributed by atoms with Gasteiger partial charge in [0.15, 0.2) is 0 Å². The summed E-state index contributed by atoms with van der Waals surface area (Å²) in [6.07, 6.45) is 5.13. The molecule has 1 atom stereocenters. The van der Waals surface area contributed by atoms with Crippen molar-refractivity contribution in [1.29, 1.82) is 0 Å². The number of benzene rings is 1. The molecule has 16 heavy (non-hydrogen) atoms. The molecule has 1 rings (SSSR count). The van der Waals surface area contributed by atoms with Crippen molar-refractivity contribution in [1.82, 2.24) is 0 Å². The number of nitrogens with two attached hydrogens (primary N) is 1. The lowest BCUT2D eigenvalue weighted by Crippen LogP contribution is -2.13. The molecular formula is C15H25N. The zero-order valence-electron chi connectivity index (χ0n) is 10.7. The molecule has 0 saturated heterocycles. The molecule has 90 valence electrons. The summed E-state index contributed by atoms with van der Waals surface area (Å²) in [7, 11) is 0. The molecule has 0 heterocycles. The molecule has 0 saturated carbocycles. The fourth-order valence-electron chi connectivity index (χ4n) is 2.28. The molecule has 0 amide bonds. The number of hydrogen-bond acceptors (Lipinski definition) is 1. The van der Waals surface area contributed by atoms with Gasteiger partial charge in [0, 0.05) is 0 Å². The van der Waals surface area contributed by atoms with E-state index in [9.17, 15) is 0 Å². The van der Waals surface area contributed by atoms with Gasteiger partial charge in [-0.15, -0.1) is 0 Å². The van der Waals surface area contributed by atoms with Gasteiger partial charge in [-0.1, -0.05) is 57.0 Å². The molecular weight excluding hydrogens is 194 g/mol. The quantitative estimate of drug-likeness (QED) is 0.738. The predicted molar refractivity (Wildman–Crippen MR) is 71.5 cm³/mol. The van der Waals surface area contributed by atoms with E-state index in [1.165, 1.54) is 31.2 Å². The average molecular weight is 219 g/mol. The standard InChI is InChI=1S/C15H25N/c1-3-13(4-2)10-11-15(12-16)14-8-6-5-7-9-14/h5-9,13,15H,3-4,10-12,16H2,1-2H3. The maximum absolute atomic E-state index is 5.87. The molecule has 2 N–H and O–H groups in total. The van der Waals surface area contributed by atoms with Crippen LogP contribution in [0.5, 0.6) is 0 Å². The van der Waals surface area contributed by atoms with Gasteiger partial charge in [-0.05, 0) is 36.8 Å². The van der Waals surface area contributed by atoms with Gasteiger partial charge in [0.2, 0.25) is 0 Å². The lowest BCUT2D eigenvalue weighted by atomic mass is 9.88. The third-order valence-electron chi connectivity index (χ3n) is 3.63. The fraction of sp³-hybridized carbons (Fsp3) is 0.600. The van der Waals surface area contributed by atoms with Crippen molar-refractivity contribution in [3.63, 3.8) is 0 Å². The zero-order chi connectivity index (χ0) is 11.8. The summed E-state index contributed by atoms with van der Waals surface area (Å²) in [5, 5.41) is 0. The van der Waals surface area contributed by atoms with Gasteiger partial charge in [-0.25, -0.2) is 0 Å². The normalized spacial score (nSPS) is 13.0. The Balaban J connectivity index is 2.50. The molecule has 1 unspecified atom stereocenters. The van der Waals surface area contributed by atoms with Crippen molar-refractivity contribution in [2.75, 3.05) is 6.54 Å². The maximum Gasteiger partial charge on any atom is -0.000824 e. The lowest BCUT2D eigenvalue weighted by molar-refractivity contribution is 0.418. The van der Waals surface area contributed by atoms with E-state index in [4.69, 9.17) is 5.73 Å². The molecule has 0 aromatic heterocycles. The van der Waals surface area contributed by atoms with Crippen LogP contribution in [0.15, 0.2) is 30.3 Å². The molecule has 1 nitrogen and oxygen atoms in total. The maximum atomic E-state index is 5.87. The van der Waals surface area contributed by atoms with Gasteiger partial charge in [0.1, 0.15) is 0 Å². The average Bonchev–Trinajstić information content (AvgIpc) is 2.36. The second-order valence-corrected chi connectivity index (χ2v) is 4.60. The van der Waals surface area contributed by atoms with Gasteiger partial charge < -0.3 is 5.73 Å². The third kappa shape index (κ3) is 3.97. The highest BCUT2D eigenvalue weighted by Crippen LogP contribution is 2.24. The highest BCUT2D eigenvalue weighted by molar-refractivity contribution is 5.19. The molecule has 1 aromatic carbocycles. The smallest absolute Gasteiger partial charge is 0.000824 e. The van der Waals surface area contributed by atoms with Crippen LogP contribution in [0.2, 0.25) is 0 Å². The molecule has 0 bridgehead atoms. The second-order valence-electron chi connectivity index (χ2n) is 4.60. The van der Waals surface area contributed by atoms with Crippen LogP contribution in [0.4, 0.5) is 0 Å². The van der Waals surface area contributed by atoms with Gasteiger partial charge in [0.05, 0.1) is 0 Å². The fourth-order valence-corrected chi connectivity index (χ4v) is 2.28. The van der Waals surface area contributed by atoms with Crippen LogP contribution in [0, 0.1) is 5.92 Å². The van der Waals surface area contributed by atoms with Crippen LogP contribution in [0.1, 0.15) is 51.0 Å². The minimum absolute atomic E-state index is 0.543. The minimum Gasteiger partial charge on any atom is -0.330 e. The van der Waals surface area contributed by atoms with E-state index in [-0.39, 0.29) is 0 Å². The highest BCUT2D eigenvalue weighted by atomic mass is 14.5. The van der Waals surface area contributed by atoms with E-state index in [1.54, 1.807) is 0 Å². The molecule has 1 heteroatoms. The summed E-state index contributed by atoms with van der Waals surface area (Å²) in [6.45, 7) is 5.34. The van der Waals surface area contributed by atoms with Gasteiger partial charge >= 0.3 is 0 Å². The van der Waals surface area contributed by atoms with E-state index >= 15 is 0 Å². The molecule has 0 radical (unpaired) electrons. The molecule has 0 fully saturated rings. The molecule has 0 aliphatic rings. The first-order chi connectivity index (χ1) is 7.81. The SMILES string of the molecule is CCC(CC)CCC(CN)c1ccccc1. The number of rotatable bonds is 7. The number of hydrogen-bond donors (Lipinski definition) is 1. The molecule has 1 aromatic rings. The Bertz CT molecular complexity index is 264. The second kappa shape index (κ2) is 7.45. The van der Waals surface area contributed by atoms with Crippen molar-refractivity contribution >= 4 is 0 Å². The van der Waals surface area contributed by atoms with Crippen LogP contribution in [0.25, 0.3) is 0 Å². The highest BCUT2D eigenvalue weighted by Gasteiger charge is 2.11. The van der Waals surface area contributed by atoms with E-state index in [0.29, 0.717) is 5.92 Å². The van der Waals surface area contributed by atoms with Gasteiger partial charge in [-0.2, -0.15) is 0 Å². The van der Waals surface area contributed by atoms with E-state index in [1.807, 2.05) is 0 Å². The first-order valence-corrected chi connectivity index (χ1v) is 6.56. The van der Waals surface area contributed by atoms with Crippen molar-refractivity contribution in [2.45, 2.75) is 45.4 Å². The Morgan fingerprint density at radius 3 is 2.12 bits per heavy atom. The summed E-state index contributed by atoms with van der Waals surface area (Å²) in [4.78, 5) is 0. The van der Waals surface area contributed by atoms with Crippen LogP contribution in [-0.2, 0) is 0 Å². The molecule has 0 spiro atoms. The first kappa shape index (κ1) is 13.2. The van der Waals surface area contributed by atoms with Crippen molar-refractivity contribution in [2.24, 2.45) is 11.7 Å². The largest absolute Gasteiger partial charge is 0.330 e. The summed E-state index contributed by atoms with van der Waals surface area (Å²) in [5.74, 6) is 1.42. The summed E-state index contributed by atoms with van der Waals surface area (Å²) in [5.41, 5.74) is 7.27. The van der Waals surface area contributed by atoms with Crippen LogP contribution in [0.3, 0.4) is 0 Å². The Kier molecular flexibility index (Phi) is 6.17. The minimum atomic E-state index is 0.543. The molecule has 0 aliphatic carbocycles. The molecule has 0 aliphatic heterocycles. The lowest BCUT2D eigenvalue weighted by Gasteiger charge is -2.18. The first-order valence-electron chi connectivity index (χ1n) is 6.56. The van der Waals surface area contributed by atoms with Crippen LogP contribution >= 0.6 is 0 Å². The van der Waals surface area contributed by atoms with Gasteiger partial charge in [-0.3, -0.25) is 0 Å². The Morgan fingerprint density at radius 2 is 1.62 bits per heavy atom. The predicted octanol–water partition coefficient (Wildman–Crippen LogP) is 3.95. The zero-order valence-corrected chi connectivity index (χ0v) is 10.7. The van der Waals surface area contributed by atoms with Crippen LogP contribution < -0.4 is 5.73 Å². The third-order valence-corrected chi connectivity index (χ3v) is 3.63. The summed E-state index contributed by atoms with van der Waals surface area (Å²) < 4.78 is 0. The van der Waals surface area contributed by atoms with Crippen molar-refractivity contribution < 1.29 is 0 Å². The van der Waals surface area contributed by atoms with E-state index in [2.05, 4.69) is 44.2 Å². The monoisotopic (exact) mass is 219 g/mol. The van der Waals surface area contributed by atoms with Crippen molar-refractivity contribution in [3.8, 4) is 0 Å².